The first-order chi connectivity index (χ1) is 13.6. The standard InChI is InChI=1S/C21H21F2N3OS/c22-17-6-5-16(18(23)11-17)13-26-12-15(9-14-3-1-2-4-14)10-19(26)20(27)25-21-24-7-8-28-21/h5-8,10-12,14H,1-4,9,13H2,(H,24,25,27). The Kier molecular flexibility index (Phi) is 5.52. The number of halogens is 2. The van der Waals surface area contributed by atoms with Gasteiger partial charge in [0.25, 0.3) is 5.91 Å². The van der Waals surface area contributed by atoms with E-state index in [2.05, 4.69) is 10.3 Å². The number of hydrogen-bond donors (Lipinski definition) is 1. The highest BCUT2D eigenvalue weighted by Gasteiger charge is 2.20. The third kappa shape index (κ3) is 4.30. The van der Waals surface area contributed by atoms with Crippen LogP contribution >= 0.6 is 11.3 Å². The molecule has 0 saturated heterocycles. The lowest BCUT2D eigenvalue weighted by Crippen LogP contribution is -2.17. The van der Waals surface area contributed by atoms with E-state index in [1.165, 1.54) is 49.2 Å². The number of thiazole rings is 1. The zero-order valence-corrected chi connectivity index (χ0v) is 16.1. The molecule has 28 heavy (non-hydrogen) atoms. The Labute approximate surface area is 166 Å². The number of carbonyl (C=O) groups is 1. The smallest absolute Gasteiger partial charge is 0.274 e. The van der Waals surface area contributed by atoms with Crippen molar-refractivity contribution in [3.8, 4) is 0 Å². The molecule has 1 fully saturated rings. The Balaban J connectivity index is 1.61. The summed E-state index contributed by atoms with van der Waals surface area (Å²) < 4.78 is 29.1. The lowest BCUT2D eigenvalue weighted by Gasteiger charge is -2.10. The number of amides is 1. The van der Waals surface area contributed by atoms with Crippen LogP contribution in [0.1, 0.15) is 47.3 Å². The predicted octanol–water partition coefficient (Wildman–Crippen LogP) is 5.26. The van der Waals surface area contributed by atoms with Gasteiger partial charge in [0.2, 0.25) is 0 Å². The minimum atomic E-state index is -0.614. The van der Waals surface area contributed by atoms with Crippen molar-refractivity contribution in [2.75, 3.05) is 5.32 Å². The van der Waals surface area contributed by atoms with E-state index < -0.39 is 11.6 Å². The lowest BCUT2D eigenvalue weighted by atomic mass is 10.00. The van der Waals surface area contributed by atoms with Crippen LogP contribution in [0.3, 0.4) is 0 Å². The van der Waals surface area contributed by atoms with Gasteiger partial charge in [0.1, 0.15) is 17.3 Å². The van der Waals surface area contributed by atoms with Crippen molar-refractivity contribution in [2.24, 2.45) is 5.92 Å². The summed E-state index contributed by atoms with van der Waals surface area (Å²) in [6, 6.07) is 5.40. The van der Waals surface area contributed by atoms with Gasteiger partial charge < -0.3 is 4.57 Å². The van der Waals surface area contributed by atoms with Crippen LogP contribution < -0.4 is 5.32 Å². The average Bonchev–Trinajstić information content (AvgIpc) is 3.40. The monoisotopic (exact) mass is 401 g/mol. The largest absolute Gasteiger partial charge is 0.339 e. The van der Waals surface area contributed by atoms with E-state index >= 15 is 0 Å². The Bertz CT molecular complexity index is 962. The molecule has 0 bridgehead atoms. The number of benzene rings is 1. The summed E-state index contributed by atoms with van der Waals surface area (Å²) in [7, 11) is 0. The van der Waals surface area contributed by atoms with E-state index in [1.807, 2.05) is 12.3 Å². The molecule has 1 N–H and O–H groups in total. The van der Waals surface area contributed by atoms with Gasteiger partial charge in [-0.3, -0.25) is 10.1 Å². The molecule has 4 nitrogen and oxygen atoms in total. The van der Waals surface area contributed by atoms with Crippen LogP contribution in [0.15, 0.2) is 42.0 Å². The topological polar surface area (TPSA) is 46.9 Å². The molecular formula is C21H21F2N3OS. The number of hydrogen-bond acceptors (Lipinski definition) is 3. The first-order valence-electron chi connectivity index (χ1n) is 9.42. The first-order valence-corrected chi connectivity index (χ1v) is 10.3. The molecule has 1 saturated carbocycles. The number of nitrogens with zero attached hydrogens (tertiary/aromatic N) is 2. The van der Waals surface area contributed by atoms with E-state index in [0.29, 0.717) is 22.3 Å². The van der Waals surface area contributed by atoms with Crippen LogP contribution in [-0.4, -0.2) is 15.5 Å². The van der Waals surface area contributed by atoms with E-state index in [4.69, 9.17) is 0 Å². The second-order valence-electron chi connectivity index (χ2n) is 7.24. The molecule has 7 heteroatoms. The number of aromatic nitrogens is 2. The third-order valence-corrected chi connectivity index (χ3v) is 5.88. The predicted molar refractivity (Wildman–Crippen MR) is 106 cm³/mol. The fourth-order valence-corrected chi connectivity index (χ4v) is 4.36. The molecule has 0 radical (unpaired) electrons. The highest BCUT2D eigenvalue weighted by molar-refractivity contribution is 7.13. The third-order valence-electron chi connectivity index (χ3n) is 5.19. The van der Waals surface area contributed by atoms with Gasteiger partial charge in [0, 0.05) is 29.4 Å². The van der Waals surface area contributed by atoms with Crippen LogP contribution in [0.25, 0.3) is 0 Å². The lowest BCUT2D eigenvalue weighted by molar-refractivity contribution is 0.101. The van der Waals surface area contributed by atoms with E-state index in [1.54, 1.807) is 16.1 Å². The summed E-state index contributed by atoms with van der Waals surface area (Å²) in [5.74, 6) is -0.877. The Morgan fingerprint density at radius 1 is 1.25 bits per heavy atom. The van der Waals surface area contributed by atoms with Gasteiger partial charge in [-0.05, 0) is 30.0 Å². The molecule has 1 amide bonds. The SMILES string of the molecule is O=C(Nc1nccs1)c1cc(CC2CCCC2)cn1Cc1ccc(F)cc1F. The molecule has 4 rings (SSSR count). The van der Waals surface area contributed by atoms with Crippen LogP contribution in [0.4, 0.5) is 13.9 Å². The molecule has 2 heterocycles. The van der Waals surface area contributed by atoms with E-state index in [-0.39, 0.29) is 12.5 Å². The molecule has 1 aromatic carbocycles. The van der Waals surface area contributed by atoms with Crippen LogP contribution in [0.2, 0.25) is 0 Å². The van der Waals surface area contributed by atoms with Gasteiger partial charge in [-0.1, -0.05) is 31.7 Å². The maximum atomic E-state index is 14.1. The molecule has 0 atom stereocenters. The minimum Gasteiger partial charge on any atom is -0.339 e. The van der Waals surface area contributed by atoms with Crippen molar-refractivity contribution >= 4 is 22.4 Å². The summed E-state index contributed by atoms with van der Waals surface area (Å²) in [5, 5.41) is 5.09. The average molecular weight is 401 g/mol. The van der Waals surface area contributed by atoms with Crippen molar-refractivity contribution in [2.45, 2.75) is 38.6 Å². The molecule has 0 unspecified atom stereocenters. The zero-order valence-electron chi connectivity index (χ0n) is 15.3. The van der Waals surface area contributed by atoms with Gasteiger partial charge in [0.05, 0.1) is 6.54 Å². The van der Waals surface area contributed by atoms with Crippen molar-refractivity contribution in [3.63, 3.8) is 0 Å². The van der Waals surface area contributed by atoms with Crippen molar-refractivity contribution in [3.05, 3.63) is 70.5 Å². The summed E-state index contributed by atoms with van der Waals surface area (Å²) in [6.07, 6.45) is 9.37. The summed E-state index contributed by atoms with van der Waals surface area (Å²) in [6.45, 7) is 0.164. The highest BCUT2D eigenvalue weighted by atomic mass is 32.1. The Morgan fingerprint density at radius 3 is 2.79 bits per heavy atom. The van der Waals surface area contributed by atoms with Gasteiger partial charge in [-0.25, -0.2) is 13.8 Å². The normalized spacial score (nSPS) is 14.5. The molecule has 1 aliphatic rings. The van der Waals surface area contributed by atoms with Crippen molar-refractivity contribution < 1.29 is 13.6 Å². The molecule has 3 aromatic rings. The summed E-state index contributed by atoms with van der Waals surface area (Å²) in [5.41, 5.74) is 1.86. The molecule has 146 valence electrons. The quantitative estimate of drug-likeness (QED) is 0.613. The number of anilines is 1. The fraction of sp³-hybridized carbons (Fsp3) is 0.333. The second-order valence-corrected chi connectivity index (χ2v) is 8.14. The van der Waals surface area contributed by atoms with Crippen molar-refractivity contribution in [1.29, 1.82) is 0 Å². The Morgan fingerprint density at radius 2 is 2.07 bits per heavy atom. The van der Waals surface area contributed by atoms with Crippen LogP contribution in [0, 0.1) is 17.6 Å². The second kappa shape index (κ2) is 8.22. The maximum absolute atomic E-state index is 14.1. The molecular weight excluding hydrogens is 380 g/mol. The molecule has 2 aromatic heterocycles. The van der Waals surface area contributed by atoms with Crippen molar-refractivity contribution in [1.82, 2.24) is 9.55 Å². The summed E-state index contributed by atoms with van der Waals surface area (Å²) >= 11 is 1.34. The zero-order chi connectivity index (χ0) is 19.5. The van der Waals surface area contributed by atoms with Crippen LogP contribution in [0.5, 0.6) is 0 Å². The van der Waals surface area contributed by atoms with Crippen LogP contribution in [-0.2, 0) is 13.0 Å². The number of carbonyl (C=O) groups excluding carboxylic acids is 1. The Hall–Kier alpha value is -2.54. The van der Waals surface area contributed by atoms with Gasteiger partial charge in [-0.15, -0.1) is 11.3 Å². The van der Waals surface area contributed by atoms with E-state index in [0.717, 1.165) is 18.1 Å². The van der Waals surface area contributed by atoms with Gasteiger partial charge >= 0.3 is 0 Å². The first kappa shape index (κ1) is 18.8. The van der Waals surface area contributed by atoms with Gasteiger partial charge in [0.15, 0.2) is 5.13 Å². The van der Waals surface area contributed by atoms with E-state index in [9.17, 15) is 13.6 Å². The number of rotatable bonds is 6. The molecule has 0 spiro atoms. The summed E-state index contributed by atoms with van der Waals surface area (Å²) in [4.78, 5) is 16.9. The number of nitrogens with one attached hydrogen (secondary N) is 1. The molecule has 1 aliphatic carbocycles. The highest BCUT2D eigenvalue weighted by Crippen LogP contribution is 2.29. The fourth-order valence-electron chi connectivity index (χ4n) is 3.83. The van der Waals surface area contributed by atoms with Gasteiger partial charge in [-0.2, -0.15) is 0 Å². The molecule has 0 aliphatic heterocycles. The minimum absolute atomic E-state index is 0.164. The maximum Gasteiger partial charge on any atom is 0.274 e.